The number of likely N-dealkylation sites (tertiary alicyclic amines) is 2. The van der Waals surface area contributed by atoms with Crippen LogP contribution in [-0.4, -0.2) is 57.5 Å². The molecule has 28 heavy (non-hydrogen) atoms. The van der Waals surface area contributed by atoms with E-state index >= 15 is 0 Å². The lowest BCUT2D eigenvalue weighted by molar-refractivity contribution is -0.180. The van der Waals surface area contributed by atoms with Gasteiger partial charge >= 0.3 is 0 Å². The Bertz CT molecular complexity index is 843. The number of furan rings is 1. The number of rotatable bonds is 3. The number of hydrogen-bond donors (Lipinski definition) is 0. The number of fused-ring (bicyclic) bond motifs is 2. The second-order valence-electron chi connectivity index (χ2n) is 8.32. The van der Waals surface area contributed by atoms with Gasteiger partial charge in [0, 0.05) is 38.6 Å². The van der Waals surface area contributed by atoms with Gasteiger partial charge in [-0.3, -0.25) is 9.69 Å². The topological polar surface area (TPSA) is 63.7 Å². The highest BCUT2D eigenvalue weighted by Crippen LogP contribution is 2.40. The van der Waals surface area contributed by atoms with Crippen LogP contribution in [0.1, 0.15) is 43.0 Å². The third-order valence-electron chi connectivity index (χ3n) is 6.39. The fourth-order valence-electron chi connectivity index (χ4n) is 4.87. The molecule has 3 aliphatic heterocycles. The Morgan fingerprint density at radius 3 is 2.71 bits per heavy atom. The molecule has 2 aromatic rings. The average molecular weight is 384 g/mol. The van der Waals surface area contributed by atoms with E-state index in [-0.39, 0.29) is 5.91 Å². The molecule has 1 atom stereocenters. The van der Waals surface area contributed by atoms with Gasteiger partial charge in [-0.1, -0.05) is 0 Å². The zero-order valence-corrected chi connectivity index (χ0v) is 16.5. The molecule has 5 heterocycles. The maximum absolute atomic E-state index is 13.0. The monoisotopic (exact) mass is 384 g/mol. The molecule has 1 spiro atoms. The molecule has 0 bridgehead atoms. The molecular weight excluding hydrogens is 356 g/mol. The molecule has 0 saturated carbocycles. The minimum atomic E-state index is -0.461. The molecule has 0 unspecified atom stereocenters. The number of aryl methyl sites for hydroxylation is 1. The van der Waals surface area contributed by atoms with Crippen molar-refractivity contribution < 1.29 is 13.9 Å². The van der Waals surface area contributed by atoms with E-state index < -0.39 is 11.7 Å². The van der Waals surface area contributed by atoms with Gasteiger partial charge in [-0.25, -0.2) is 4.98 Å². The normalized spacial score (nSPS) is 24.6. The van der Waals surface area contributed by atoms with E-state index in [0.717, 1.165) is 75.8 Å². The van der Waals surface area contributed by atoms with Crippen LogP contribution in [0.4, 0.5) is 0 Å². The van der Waals surface area contributed by atoms with Gasteiger partial charge in [0.15, 0.2) is 6.10 Å². The van der Waals surface area contributed by atoms with Gasteiger partial charge < -0.3 is 18.6 Å². The largest absolute Gasteiger partial charge is 0.465 e. The Morgan fingerprint density at radius 1 is 1.21 bits per heavy atom. The summed E-state index contributed by atoms with van der Waals surface area (Å²) in [6.07, 6.45) is 7.30. The van der Waals surface area contributed by atoms with Crippen LogP contribution in [0, 0.1) is 6.92 Å². The molecule has 3 aliphatic rings. The summed E-state index contributed by atoms with van der Waals surface area (Å²) in [6, 6.07) is 4.06. The third kappa shape index (κ3) is 3.16. The van der Waals surface area contributed by atoms with E-state index in [1.807, 2.05) is 36.4 Å². The van der Waals surface area contributed by atoms with Crippen molar-refractivity contribution in [2.45, 2.75) is 57.4 Å². The van der Waals surface area contributed by atoms with Gasteiger partial charge in [0.25, 0.3) is 5.91 Å². The third-order valence-corrected chi connectivity index (χ3v) is 6.39. The number of carbonyl (C=O) groups is 1. The van der Waals surface area contributed by atoms with E-state index in [0.29, 0.717) is 6.54 Å². The molecule has 0 N–H and O–H groups in total. The zero-order valence-electron chi connectivity index (χ0n) is 16.5. The smallest absolute Gasteiger partial charge is 0.253 e. The van der Waals surface area contributed by atoms with Crippen molar-refractivity contribution in [3.8, 4) is 0 Å². The van der Waals surface area contributed by atoms with Crippen LogP contribution in [-0.2, 0) is 28.2 Å². The number of carbonyl (C=O) groups excluding carboxylic acids is 1. The second-order valence-corrected chi connectivity index (χ2v) is 8.32. The lowest BCUT2D eigenvalue weighted by atomic mass is 9.88. The van der Waals surface area contributed by atoms with Crippen molar-refractivity contribution >= 4 is 5.91 Å². The molecule has 0 aromatic carbocycles. The Kier molecular flexibility index (Phi) is 4.51. The van der Waals surface area contributed by atoms with Crippen molar-refractivity contribution in [1.29, 1.82) is 0 Å². The van der Waals surface area contributed by atoms with Gasteiger partial charge in [0.05, 0.1) is 13.1 Å². The Hall–Kier alpha value is -2.12. The summed E-state index contributed by atoms with van der Waals surface area (Å²) in [5.74, 6) is 3.07. The van der Waals surface area contributed by atoms with E-state index in [1.54, 1.807) is 0 Å². The minimum Gasteiger partial charge on any atom is -0.465 e. The molecule has 5 rings (SSSR count). The number of imidazole rings is 1. The van der Waals surface area contributed by atoms with Crippen LogP contribution < -0.4 is 0 Å². The summed E-state index contributed by atoms with van der Waals surface area (Å²) in [5.41, 5.74) is -0.461. The highest BCUT2D eigenvalue weighted by molar-refractivity contribution is 5.81. The summed E-state index contributed by atoms with van der Waals surface area (Å²) in [7, 11) is 0. The first-order chi connectivity index (χ1) is 13.6. The molecule has 0 radical (unpaired) electrons. The van der Waals surface area contributed by atoms with Crippen molar-refractivity contribution in [1.82, 2.24) is 19.4 Å². The molecule has 7 nitrogen and oxygen atoms in total. The second kappa shape index (κ2) is 7.04. The summed E-state index contributed by atoms with van der Waals surface area (Å²) in [5, 5.41) is 0. The van der Waals surface area contributed by atoms with Crippen LogP contribution in [0.25, 0.3) is 0 Å². The molecule has 2 aromatic heterocycles. The van der Waals surface area contributed by atoms with Crippen LogP contribution in [0.15, 0.2) is 28.9 Å². The van der Waals surface area contributed by atoms with Crippen LogP contribution >= 0.6 is 0 Å². The van der Waals surface area contributed by atoms with Gasteiger partial charge in [-0.2, -0.15) is 0 Å². The highest BCUT2D eigenvalue weighted by Gasteiger charge is 2.47. The minimum absolute atomic E-state index is 0.143. The fourth-order valence-corrected chi connectivity index (χ4v) is 4.87. The van der Waals surface area contributed by atoms with Crippen LogP contribution in [0.5, 0.6) is 0 Å². The molecule has 2 fully saturated rings. The SMILES string of the molecule is Cc1ccc(CN2CCC3(CC2)O[C@H](C(=O)N2CCCC2)Cn2ccnc23)o1. The summed E-state index contributed by atoms with van der Waals surface area (Å²) in [6.45, 7) is 6.88. The fraction of sp³-hybridized carbons (Fsp3) is 0.619. The predicted molar refractivity (Wildman–Crippen MR) is 103 cm³/mol. The lowest BCUT2D eigenvalue weighted by Gasteiger charge is -2.45. The molecular formula is C21H28N4O3. The molecule has 2 saturated heterocycles. The van der Waals surface area contributed by atoms with Gasteiger partial charge in [-0.05, 0) is 44.7 Å². The van der Waals surface area contributed by atoms with E-state index in [9.17, 15) is 4.79 Å². The number of hydrogen-bond acceptors (Lipinski definition) is 5. The van der Waals surface area contributed by atoms with Crippen molar-refractivity contribution in [3.05, 3.63) is 41.9 Å². The maximum atomic E-state index is 13.0. The number of aromatic nitrogens is 2. The number of ether oxygens (including phenoxy) is 1. The molecule has 150 valence electrons. The van der Waals surface area contributed by atoms with Crippen molar-refractivity contribution in [2.24, 2.45) is 0 Å². The first-order valence-electron chi connectivity index (χ1n) is 10.4. The quantitative estimate of drug-likeness (QED) is 0.813. The predicted octanol–water partition coefficient (Wildman–Crippen LogP) is 2.30. The molecule has 7 heteroatoms. The number of amides is 1. The van der Waals surface area contributed by atoms with E-state index in [4.69, 9.17) is 9.15 Å². The van der Waals surface area contributed by atoms with Gasteiger partial charge in [0.1, 0.15) is 22.9 Å². The van der Waals surface area contributed by atoms with Gasteiger partial charge in [0.2, 0.25) is 0 Å². The Morgan fingerprint density at radius 2 is 2.00 bits per heavy atom. The first kappa shape index (κ1) is 17.9. The Labute approximate surface area is 165 Å². The lowest BCUT2D eigenvalue weighted by Crippen LogP contribution is -2.54. The maximum Gasteiger partial charge on any atom is 0.253 e. The summed E-state index contributed by atoms with van der Waals surface area (Å²) in [4.78, 5) is 22.0. The number of nitrogens with zero attached hydrogens (tertiary/aromatic N) is 4. The van der Waals surface area contributed by atoms with Crippen molar-refractivity contribution in [3.63, 3.8) is 0 Å². The van der Waals surface area contributed by atoms with Crippen molar-refractivity contribution in [2.75, 3.05) is 26.2 Å². The average Bonchev–Trinajstić information content (AvgIpc) is 3.45. The first-order valence-corrected chi connectivity index (χ1v) is 10.4. The summed E-state index contributed by atoms with van der Waals surface area (Å²) >= 11 is 0. The standard InChI is InChI=1S/C21H28N4O3/c1-16-4-5-17(27-16)14-23-11-6-21(7-12-23)20-22-8-13-25(20)15-18(28-21)19(26)24-9-2-3-10-24/h4-5,8,13,18H,2-3,6-7,9-12,14-15H2,1H3/t18-/m0/s1. The van der Waals surface area contributed by atoms with E-state index in [1.165, 1.54) is 0 Å². The van der Waals surface area contributed by atoms with Crippen LogP contribution in [0.3, 0.4) is 0 Å². The molecule has 0 aliphatic carbocycles. The zero-order chi connectivity index (χ0) is 19.1. The van der Waals surface area contributed by atoms with Gasteiger partial charge in [-0.15, -0.1) is 0 Å². The molecule has 1 amide bonds. The Balaban J connectivity index is 1.31. The highest BCUT2D eigenvalue weighted by atomic mass is 16.5. The van der Waals surface area contributed by atoms with E-state index in [2.05, 4.69) is 14.5 Å². The van der Waals surface area contributed by atoms with Crippen LogP contribution in [0.2, 0.25) is 0 Å². The summed E-state index contributed by atoms with van der Waals surface area (Å²) < 4.78 is 14.4. The number of piperidine rings is 1.